The minimum atomic E-state index is 0.0644. The number of hydrogen-bond donors (Lipinski definition) is 1. The van der Waals surface area contributed by atoms with Gasteiger partial charge in [-0.05, 0) is 56.0 Å². The van der Waals surface area contributed by atoms with E-state index in [-0.39, 0.29) is 5.91 Å². The molecule has 1 amide bonds. The maximum atomic E-state index is 11.8. The second kappa shape index (κ2) is 8.37. The van der Waals surface area contributed by atoms with E-state index in [1.807, 2.05) is 26.0 Å². The third kappa shape index (κ3) is 6.15. The molecular weight excluding hydrogens is 286 g/mol. The standard InChI is InChI=1S/C20H25NO2/c1-15-4-6-18(7-5-15)8-9-20(22)21-10-11-23-19-13-16(2)12-17(3)14-19/h4-7,12-14H,8-11H2,1-3H3,(H,21,22). The average molecular weight is 311 g/mol. The summed E-state index contributed by atoms with van der Waals surface area (Å²) in [5.41, 5.74) is 4.79. The van der Waals surface area contributed by atoms with Gasteiger partial charge in [-0.1, -0.05) is 35.9 Å². The van der Waals surface area contributed by atoms with E-state index >= 15 is 0 Å². The van der Waals surface area contributed by atoms with Crippen molar-refractivity contribution in [2.75, 3.05) is 13.2 Å². The van der Waals surface area contributed by atoms with Crippen molar-refractivity contribution in [3.05, 3.63) is 64.7 Å². The van der Waals surface area contributed by atoms with Crippen LogP contribution >= 0.6 is 0 Å². The molecular formula is C20H25NO2. The number of carbonyl (C=O) groups is 1. The van der Waals surface area contributed by atoms with Gasteiger partial charge in [0, 0.05) is 6.42 Å². The number of hydrogen-bond acceptors (Lipinski definition) is 2. The van der Waals surface area contributed by atoms with E-state index in [1.54, 1.807) is 0 Å². The first-order valence-electron chi connectivity index (χ1n) is 8.06. The first kappa shape index (κ1) is 17.1. The molecule has 0 saturated carbocycles. The molecule has 3 nitrogen and oxygen atoms in total. The molecule has 0 saturated heterocycles. The van der Waals surface area contributed by atoms with Crippen molar-refractivity contribution in [3.8, 4) is 5.75 Å². The first-order chi connectivity index (χ1) is 11.0. The van der Waals surface area contributed by atoms with Crippen LogP contribution in [0.25, 0.3) is 0 Å². The third-order valence-electron chi connectivity index (χ3n) is 3.65. The maximum absolute atomic E-state index is 11.8. The summed E-state index contributed by atoms with van der Waals surface area (Å²) in [5.74, 6) is 0.922. The van der Waals surface area contributed by atoms with E-state index in [0.29, 0.717) is 19.6 Å². The number of nitrogens with one attached hydrogen (secondary N) is 1. The van der Waals surface area contributed by atoms with Crippen LogP contribution in [0.3, 0.4) is 0 Å². The molecule has 0 heterocycles. The van der Waals surface area contributed by atoms with Crippen molar-refractivity contribution >= 4 is 5.91 Å². The number of benzene rings is 2. The van der Waals surface area contributed by atoms with Gasteiger partial charge in [-0.15, -0.1) is 0 Å². The normalized spacial score (nSPS) is 10.4. The first-order valence-corrected chi connectivity index (χ1v) is 8.06. The second-order valence-electron chi connectivity index (χ2n) is 6.01. The van der Waals surface area contributed by atoms with Crippen molar-refractivity contribution in [2.24, 2.45) is 0 Å². The number of amides is 1. The quantitative estimate of drug-likeness (QED) is 0.791. The smallest absolute Gasteiger partial charge is 0.220 e. The minimum absolute atomic E-state index is 0.0644. The molecule has 2 aromatic carbocycles. The van der Waals surface area contributed by atoms with E-state index < -0.39 is 0 Å². The lowest BCUT2D eigenvalue weighted by atomic mass is 10.1. The highest BCUT2D eigenvalue weighted by Crippen LogP contribution is 2.15. The SMILES string of the molecule is Cc1ccc(CCC(=O)NCCOc2cc(C)cc(C)c2)cc1. The van der Waals surface area contributed by atoms with Crippen LogP contribution in [0.2, 0.25) is 0 Å². The predicted octanol–water partition coefficient (Wildman–Crippen LogP) is 3.74. The van der Waals surface area contributed by atoms with Gasteiger partial charge >= 0.3 is 0 Å². The summed E-state index contributed by atoms with van der Waals surface area (Å²) in [6.45, 7) is 7.17. The molecule has 0 aliphatic heterocycles. The molecule has 0 aliphatic rings. The van der Waals surface area contributed by atoms with Crippen molar-refractivity contribution in [1.29, 1.82) is 0 Å². The summed E-state index contributed by atoms with van der Waals surface area (Å²) in [6, 6.07) is 14.4. The van der Waals surface area contributed by atoms with E-state index in [4.69, 9.17) is 4.74 Å². The Morgan fingerprint density at radius 2 is 1.61 bits per heavy atom. The lowest BCUT2D eigenvalue weighted by Crippen LogP contribution is -2.28. The van der Waals surface area contributed by atoms with Crippen LogP contribution in [-0.4, -0.2) is 19.1 Å². The van der Waals surface area contributed by atoms with E-state index in [2.05, 4.69) is 42.6 Å². The summed E-state index contributed by atoms with van der Waals surface area (Å²) in [5, 5.41) is 2.90. The fourth-order valence-electron chi connectivity index (χ4n) is 2.48. The predicted molar refractivity (Wildman–Crippen MR) is 93.9 cm³/mol. The molecule has 0 aliphatic carbocycles. The van der Waals surface area contributed by atoms with E-state index in [9.17, 15) is 4.79 Å². The highest BCUT2D eigenvalue weighted by molar-refractivity contribution is 5.76. The summed E-state index contributed by atoms with van der Waals surface area (Å²) in [4.78, 5) is 11.8. The highest BCUT2D eigenvalue weighted by atomic mass is 16.5. The summed E-state index contributed by atoms with van der Waals surface area (Å²) in [7, 11) is 0. The van der Waals surface area contributed by atoms with Crippen LogP contribution in [-0.2, 0) is 11.2 Å². The van der Waals surface area contributed by atoms with Gasteiger partial charge < -0.3 is 10.1 Å². The molecule has 0 radical (unpaired) electrons. The molecule has 2 aromatic rings. The van der Waals surface area contributed by atoms with Crippen molar-refractivity contribution in [3.63, 3.8) is 0 Å². The van der Waals surface area contributed by atoms with Crippen LogP contribution in [0.1, 0.15) is 28.7 Å². The Morgan fingerprint density at radius 3 is 2.26 bits per heavy atom. The maximum Gasteiger partial charge on any atom is 0.220 e. The van der Waals surface area contributed by atoms with Gasteiger partial charge in [0.05, 0.1) is 6.54 Å². The van der Waals surface area contributed by atoms with Gasteiger partial charge in [0.2, 0.25) is 5.91 Å². The Labute approximate surface area is 138 Å². The second-order valence-corrected chi connectivity index (χ2v) is 6.01. The van der Waals surface area contributed by atoms with Gasteiger partial charge in [-0.25, -0.2) is 0 Å². The summed E-state index contributed by atoms with van der Waals surface area (Å²) >= 11 is 0. The van der Waals surface area contributed by atoms with Crippen LogP contribution in [0.4, 0.5) is 0 Å². The van der Waals surface area contributed by atoms with Crippen LogP contribution in [0.5, 0.6) is 5.75 Å². The Morgan fingerprint density at radius 1 is 0.957 bits per heavy atom. The fraction of sp³-hybridized carbons (Fsp3) is 0.350. The van der Waals surface area contributed by atoms with E-state index in [0.717, 1.165) is 12.2 Å². The molecule has 23 heavy (non-hydrogen) atoms. The van der Waals surface area contributed by atoms with Gasteiger partial charge in [-0.2, -0.15) is 0 Å². The summed E-state index contributed by atoms with van der Waals surface area (Å²) < 4.78 is 5.68. The number of rotatable bonds is 7. The number of carbonyl (C=O) groups excluding carboxylic acids is 1. The molecule has 3 heteroatoms. The molecule has 0 bridgehead atoms. The van der Waals surface area contributed by atoms with Crippen molar-refractivity contribution in [1.82, 2.24) is 5.32 Å². The Kier molecular flexibility index (Phi) is 6.21. The Hall–Kier alpha value is -2.29. The van der Waals surface area contributed by atoms with Gasteiger partial charge in [-0.3, -0.25) is 4.79 Å². The number of aryl methyl sites for hydroxylation is 4. The zero-order valence-electron chi connectivity index (χ0n) is 14.2. The zero-order valence-corrected chi connectivity index (χ0v) is 14.2. The molecule has 122 valence electrons. The highest BCUT2D eigenvalue weighted by Gasteiger charge is 2.02. The lowest BCUT2D eigenvalue weighted by molar-refractivity contribution is -0.121. The molecule has 0 unspecified atom stereocenters. The number of ether oxygens (including phenoxy) is 1. The van der Waals surface area contributed by atoms with Gasteiger partial charge in [0.15, 0.2) is 0 Å². The summed E-state index contributed by atoms with van der Waals surface area (Å²) in [6.07, 6.45) is 1.27. The van der Waals surface area contributed by atoms with Gasteiger partial charge in [0.1, 0.15) is 12.4 Å². The van der Waals surface area contributed by atoms with Crippen LogP contribution < -0.4 is 10.1 Å². The molecule has 0 fully saturated rings. The van der Waals surface area contributed by atoms with Crippen molar-refractivity contribution in [2.45, 2.75) is 33.6 Å². The molecule has 0 spiro atoms. The Balaban J connectivity index is 1.65. The molecule has 0 aromatic heterocycles. The molecule has 1 N–H and O–H groups in total. The van der Waals surface area contributed by atoms with Crippen LogP contribution in [0, 0.1) is 20.8 Å². The molecule has 0 atom stereocenters. The monoisotopic (exact) mass is 311 g/mol. The topological polar surface area (TPSA) is 38.3 Å². The average Bonchev–Trinajstić information content (AvgIpc) is 2.50. The fourth-order valence-corrected chi connectivity index (χ4v) is 2.48. The Bertz CT molecular complexity index is 627. The minimum Gasteiger partial charge on any atom is -0.492 e. The van der Waals surface area contributed by atoms with Crippen LogP contribution in [0.15, 0.2) is 42.5 Å². The largest absolute Gasteiger partial charge is 0.492 e. The van der Waals surface area contributed by atoms with E-state index in [1.165, 1.54) is 22.3 Å². The van der Waals surface area contributed by atoms with Gasteiger partial charge in [0.25, 0.3) is 0 Å². The lowest BCUT2D eigenvalue weighted by Gasteiger charge is -2.09. The zero-order chi connectivity index (χ0) is 16.7. The third-order valence-corrected chi connectivity index (χ3v) is 3.65. The van der Waals surface area contributed by atoms with Crippen molar-refractivity contribution < 1.29 is 9.53 Å². The molecule has 2 rings (SSSR count).